The van der Waals surface area contributed by atoms with Gasteiger partial charge in [-0.2, -0.15) is 0 Å². The van der Waals surface area contributed by atoms with Gasteiger partial charge in [0.15, 0.2) is 5.13 Å². The second-order valence-corrected chi connectivity index (χ2v) is 10.2. The third-order valence-electron chi connectivity index (χ3n) is 4.81. The molecule has 3 aromatic carbocycles. The number of benzene rings is 3. The summed E-state index contributed by atoms with van der Waals surface area (Å²) in [6.45, 7) is 1.93. The zero-order valence-electron chi connectivity index (χ0n) is 16.7. The smallest absolute Gasteiger partial charge is 0.264 e. The third kappa shape index (κ3) is 4.14. The molecule has 0 unspecified atom stereocenters. The van der Waals surface area contributed by atoms with Crippen molar-refractivity contribution in [1.29, 1.82) is 0 Å². The molecule has 1 aromatic heterocycles. The molecule has 0 atom stereocenters. The molecule has 158 valence electrons. The molecule has 0 bridgehead atoms. The van der Waals surface area contributed by atoms with Crippen LogP contribution >= 0.6 is 22.9 Å². The number of rotatable bonds is 5. The number of sulfonamides is 1. The topological polar surface area (TPSA) is 79.4 Å². The minimum Gasteiger partial charge on any atom is -0.298 e. The van der Waals surface area contributed by atoms with Crippen LogP contribution in [-0.2, 0) is 10.0 Å². The number of anilines is 2. The molecule has 0 saturated heterocycles. The largest absolute Gasteiger partial charge is 0.298 e. The Hall–Kier alpha value is -2.94. The number of thiazole rings is 1. The van der Waals surface area contributed by atoms with E-state index in [0.29, 0.717) is 21.4 Å². The van der Waals surface area contributed by atoms with Gasteiger partial charge in [0.1, 0.15) is 0 Å². The van der Waals surface area contributed by atoms with E-state index in [4.69, 9.17) is 11.6 Å². The van der Waals surface area contributed by atoms with E-state index < -0.39 is 10.0 Å². The Balaban J connectivity index is 1.55. The second kappa shape index (κ2) is 8.30. The third-order valence-corrected chi connectivity index (χ3v) is 8.04. The molecular formula is C22H18ClN3O3S2. The second-order valence-electron chi connectivity index (χ2n) is 6.85. The highest BCUT2D eigenvalue weighted by Gasteiger charge is 2.21. The van der Waals surface area contributed by atoms with E-state index >= 15 is 0 Å². The van der Waals surface area contributed by atoms with Crippen molar-refractivity contribution in [1.82, 2.24) is 4.98 Å². The maximum atomic E-state index is 12.9. The predicted octanol–water partition coefficient (Wildman–Crippen LogP) is 5.34. The summed E-state index contributed by atoms with van der Waals surface area (Å²) in [6.07, 6.45) is 0. The number of carbonyl (C=O) groups excluding carboxylic acids is 1. The molecule has 0 aliphatic heterocycles. The van der Waals surface area contributed by atoms with Crippen molar-refractivity contribution in [3.63, 3.8) is 0 Å². The molecule has 0 fully saturated rings. The highest BCUT2D eigenvalue weighted by Crippen LogP contribution is 2.34. The van der Waals surface area contributed by atoms with Crippen molar-refractivity contribution in [3.05, 3.63) is 82.9 Å². The van der Waals surface area contributed by atoms with Crippen LogP contribution in [0.3, 0.4) is 0 Å². The fourth-order valence-corrected chi connectivity index (χ4v) is 5.44. The van der Waals surface area contributed by atoms with E-state index in [1.807, 2.05) is 19.1 Å². The number of carbonyl (C=O) groups is 1. The minimum atomic E-state index is -3.74. The molecule has 0 spiro atoms. The SMILES string of the molecule is Cc1ccc(Cl)c2sc(NC(=O)c3ccc(S(=O)(=O)N(C)c4ccccc4)cc3)nc12. The lowest BCUT2D eigenvalue weighted by molar-refractivity contribution is 0.102. The first-order chi connectivity index (χ1) is 14.8. The molecule has 0 radical (unpaired) electrons. The van der Waals surface area contributed by atoms with Gasteiger partial charge in [-0.1, -0.05) is 47.2 Å². The summed E-state index contributed by atoms with van der Waals surface area (Å²) in [4.78, 5) is 17.2. The fraction of sp³-hybridized carbons (Fsp3) is 0.0909. The van der Waals surface area contributed by atoms with Crippen LogP contribution in [0, 0.1) is 6.92 Å². The standard InChI is InChI=1S/C22H18ClN3O3S2/c1-14-8-13-18(23)20-19(14)24-22(30-20)25-21(27)15-9-11-17(12-10-15)31(28,29)26(2)16-6-4-3-5-7-16/h3-13H,1-2H3,(H,24,25,27). The van der Waals surface area contributed by atoms with Crippen molar-refractivity contribution in [2.24, 2.45) is 0 Å². The van der Waals surface area contributed by atoms with Crippen LogP contribution in [0.5, 0.6) is 0 Å². The van der Waals surface area contributed by atoms with E-state index in [1.165, 1.54) is 47.0 Å². The first kappa shape index (κ1) is 21.3. The number of halogens is 1. The van der Waals surface area contributed by atoms with Crippen LogP contribution in [0.1, 0.15) is 15.9 Å². The van der Waals surface area contributed by atoms with Gasteiger partial charge in [0.05, 0.1) is 25.8 Å². The number of fused-ring (bicyclic) bond motifs is 1. The predicted molar refractivity (Wildman–Crippen MR) is 126 cm³/mol. The number of aromatic nitrogens is 1. The van der Waals surface area contributed by atoms with Crippen LogP contribution in [-0.4, -0.2) is 26.4 Å². The van der Waals surface area contributed by atoms with Crippen LogP contribution in [0.25, 0.3) is 10.2 Å². The van der Waals surface area contributed by atoms with E-state index in [-0.39, 0.29) is 10.8 Å². The van der Waals surface area contributed by atoms with Crippen LogP contribution in [0.2, 0.25) is 5.02 Å². The van der Waals surface area contributed by atoms with Gasteiger partial charge in [0.2, 0.25) is 0 Å². The molecular weight excluding hydrogens is 454 g/mol. The molecule has 0 saturated carbocycles. The summed E-state index contributed by atoms with van der Waals surface area (Å²) in [5.74, 6) is -0.381. The van der Waals surface area contributed by atoms with Crippen molar-refractivity contribution in [2.45, 2.75) is 11.8 Å². The Labute approximate surface area is 189 Å². The molecule has 4 rings (SSSR count). The molecule has 31 heavy (non-hydrogen) atoms. The van der Waals surface area contributed by atoms with Crippen LogP contribution in [0.4, 0.5) is 10.8 Å². The number of nitrogens with one attached hydrogen (secondary N) is 1. The quantitative estimate of drug-likeness (QED) is 0.426. The maximum absolute atomic E-state index is 12.9. The Kier molecular flexibility index (Phi) is 5.70. The van der Waals surface area contributed by atoms with Gasteiger partial charge in [-0.15, -0.1) is 0 Å². The maximum Gasteiger partial charge on any atom is 0.264 e. The van der Waals surface area contributed by atoms with Crippen molar-refractivity contribution >= 4 is 59.9 Å². The summed E-state index contributed by atoms with van der Waals surface area (Å²) in [5.41, 5.74) is 2.59. The van der Waals surface area contributed by atoms with Gasteiger partial charge in [-0.3, -0.25) is 14.4 Å². The highest BCUT2D eigenvalue weighted by atomic mass is 35.5. The van der Waals surface area contributed by atoms with Crippen molar-refractivity contribution in [3.8, 4) is 0 Å². The lowest BCUT2D eigenvalue weighted by atomic mass is 10.2. The lowest BCUT2D eigenvalue weighted by Crippen LogP contribution is -2.26. The molecule has 1 N–H and O–H groups in total. The van der Waals surface area contributed by atoms with Crippen molar-refractivity contribution < 1.29 is 13.2 Å². The number of nitrogens with zero attached hydrogens (tertiary/aromatic N) is 2. The van der Waals surface area contributed by atoms with Crippen LogP contribution < -0.4 is 9.62 Å². The van der Waals surface area contributed by atoms with Gasteiger partial charge in [-0.05, 0) is 55.0 Å². The van der Waals surface area contributed by atoms with E-state index in [1.54, 1.807) is 30.3 Å². The fourth-order valence-electron chi connectivity index (χ4n) is 3.04. The molecule has 1 amide bonds. The highest BCUT2D eigenvalue weighted by molar-refractivity contribution is 7.92. The Morgan fingerprint density at radius 2 is 1.71 bits per heavy atom. The minimum absolute atomic E-state index is 0.0952. The molecule has 9 heteroatoms. The monoisotopic (exact) mass is 471 g/mol. The average molecular weight is 472 g/mol. The van der Waals surface area contributed by atoms with Gasteiger partial charge < -0.3 is 0 Å². The zero-order valence-corrected chi connectivity index (χ0v) is 19.1. The van der Waals surface area contributed by atoms with Gasteiger partial charge in [0.25, 0.3) is 15.9 Å². The number of aryl methyl sites for hydroxylation is 1. The van der Waals surface area contributed by atoms with Gasteiger partial charge >= 0.3 is 0 Å². The first-order valence-corrected chi connectivity index (χ1v) is 11.9. The van der Waals surface area contributed by atoms with Crippen molar-refractivity contribution in [2.75, 3.05) is 16.7 Å². The molecule has 6 nitrogen and oxygen atoms in total. The van der Waals surface area contributed by atoms with E-state index in [0.717, 1.165) is 15.8 Å². The van der Waals surface area contributed by atoms with Gasteiger partial charge in [0, 0.05) is 12.6 Å². The molecule has 0 aliphatic carbocycles. The lowest BCUT2D eigenvalue weighted by Gasteiger charge is -2.19. The number of hydrogen-bond acceptors (Lipinski definition) is 5. The molecule has 0 aliphatic rings. The number of amides is 1. The summed E-state index contributed by atoms with van der Waals surface area (Å²) < 4.78 is 27.8. The van der Waals surface area contributed by atoms with E-state index in [2.05, 4.69) is 10.3 Å². The normalized spacial score (nSPS) is 11.5. The number of para-hydroxylation sites is 1. The summed E-state index contributed by atoms with van der Waals surface area (Å²) in [5, 5.41) is 3.77. The Bertz CT molecular complexity index is 1330. The summed E-state index contributed by atoms with van der Waals surface area (Å²) in [6, 6.07) is 18.3. The first-order valence-electron chi connectivity index (χ1n) is 9.28. The van der Waals surface area contributed by atoms with Gasteiger partial charge in [-0.25, -0.2) is 13.4 Å². The molecule has 4 aromatic rings. The molecule has 1 heterocycles. The van der Waals surface area contributed by atoms with Crippen LogP contribution in [0.15, 0.2) is 71.6 Å². The summed E-state index contributed by atoms with van der Waals surface area (Å²) in [7, 11) is -2.25. The summed E-state index contributed by atoms with van der Waals surface area (Å²) >= 11 is 7.52. The number of hydrogen-bond donors (Lipinski definition) is 1. The zero-order chi connectivity index (χ0) is 22.2. The Morgan fingerprint density at radius 3 is 2.35 bits per heavy atom. The average Bonchev–Trinajstić information content (AvgIpc) is 3.21. The van der Waals surface area contributed by atoms with E-state index in [9.17, 15) is 13.2 Å². The Morgan fingerprint density at radius 1 is 1.03 bits per heavy atom.